The normalized spacial score (nSPS) is 11.0. The Balaban J connectivity index is 2.17. The van der Waals surface area contributed by atoms with Crippen molar-refractivity contribution in [2.24, 2.45) is 0 Å². The third-order valence-electron chi connectivity index (χ3n) is 3.16. The first kappa shape index (κ1) is 17.7. The number of hydrogen-bond acceptors (Lipinski definition) is 4. The number of hydrogen-bond donors (Lipinski definition) is 1. The third-order valence-corrected chi connectivity index (χ3v) is 4.30. The summed E-state index contributed by atoms with van der Waals surface area (Å²) in [5.74, 6) is -0.461. The summed E-state index contributed by atoms with van der Waals surface area (Å²) in [6.07, 6.45) is 0.981. The van der Waals surface area contributed by atoms with Crippen LogP contribution in [0.1, 0.15) is 0 Å². The standard InChI is InChI=1S/C16H17FN2O4S/c1-23-15-5-3-4-13(10-15)18-16(20)11-19(24(2,21)22)14-8-6-12(17)7-9-14/h3-10H,11H2,1-2H3,(H,18,20). The predicted molar refractivity (Wildman–Crippen MR) is 90.2 cm³/mol. The van der Waals surface area contributed by atoms with Crippen LogP contribution < -0.4 is 14.4 Å². The topological polar surface area (TPSA) is 75.7 Å². The van der Waals surface area contributed by atoms with Gasteiger partial charge in [0, 0.05) is 11.8 Å². The Morgan fingerprint density at radius 2 is 1.88 bits per heavy atom. The zero-order valence-corrected chi connectivity index (χ0v) is 14.0. The Labute approximate surface area is 139 Å². The van der Waals surface area contributed by atoms with Crippen molar-refractivity contribution in [3.63, 3.8) is 0 Å². The van der Waals surface area contributed by atoms with Crippen LogP contribution in [-0.2, 0) is 14.8 Å². The predicted octanol–water partition coefficient (Wildman–Crippen LogP) is 2.24. The van der Waals surface area contributed by atoms with Gasteiger partial charge in [-0.1, -0.05) is 6.07 Å². The lowest BCUT2D eigenvalue weighted by molar-refractivity contribution is -0.114. The summed E-state index contributed by atoms with van der Waals surface area (Å²) < 4.78 is 42.8. The van der Waals surface area contributed by atoms with Crippen LogP contribution in [0.5, 0.6) is 5.75 Å². The fourth-order valence-electron chi connectivity index (χ4n) is 2.04. The molecule has 1 N–H and O–H groups in total. The molecule has 0 aromatic heterocycles. The summed E-state index contributed by atoms with van der Waals surface area (Å²) in [5, 5.41) is 2.60. The van der Waals surface area contributed by atoms with Crippen LogP contribution in [0.15, 0.2) is 48.5 Å². The van der Waals surface area contributed by atoms with E-state index in [0.717, 1.165) is 22.7 Å². The van der Waals surface area contributed by atoms with Crippen LogP contribution in [0.25, 0.3) is 0 Å². The number of amides is 1. The number of benzene rings is 2. The van der Waals surface area contributed by atoms with Gasteiger partial charge in [-0.15, -0.1) is 0 Å². The van der Waals surface area contributed by atoms with Gasteiger partial charge in [-0.05, 0) is 36.4 Å². The minimum absolute atomic E-state index is 0.208. The molecule has 6 nitrogen and oxygen atoms in total. The highest BCUT2D eigenvalue weighted by molar-refractivity contribution is 7.92. The number of halogens is 1. The van der Waals surface area contributed by atoms with E-state index in [1.807, 2.05) is 0 Å². The molecule has 0 aliphatic rings. The number of rotatable bonds is 6. The van der Waals surface area contributed by atoms with Crippen LogP contribution in [0.4, 0.5) is 15.8 Å². The van der Waals surface area contributed by atoms with E-state index in [9.17, 15) is 17.6 Å². The molecule has 2 aromatic carbocycles. The first-order chi connectivity index (χ1) is 11.3. The minimum Gasteiger partial charge on any atom is -0.497 e. The number of nitrogens with one attached hydrogen (secondary N) is 1. The molecule has 128 valence electrons. The number of nitrogens with zero attached hydrogens (tertiary/aromatic N) is 1. The zero-order valence-electron chi connectivity index (χ0n) is 13.2. The Morgan fingerprint density at radius 3 is 2.46 bits per heavy atom. The Kier molecular flexibility index (Phi) is 5.40. The van der Waals surface area contributed by atoms with Crippen molar-refractivity contribution in [1.29, 1.82) is 0 Å². The molecule has 0 radical (unpaired) electrons. The van der Waals surface area contributed by atoms with E-state index in [-0.39, 0.29) is 5.69 Å². The van der Waals surface area contributed by atoms with Crippen molar-refractivity contribution in [3.8, 4) is 5.75 Å². The van der Waals surface area contributed by atoms with Gasteiger partial charge < -0.3 is 10.1 Å². The molecule has 0 aliphatic heterocycles. The molecule has 2 aromatic rings. The van der Waals surface area contributed by atoms with Crippen molar-refractivity contribution in [3.05, 3.63) is 54.3 Å². The summed E-state index contributed by atoms with van der Waals surface area (Å²) in [4.78, 5) is 12.2. The summed E-state index contributed by atoms with van der Waals surface area (Å²) in [6.45, 7) is -0.429. The largest absolute Gasteiger partial charge is 0.497 e. The van der Waals surface area contributed by atoms with E-state index in [0.29, 0.717) is 11.4 Å². The highest BCUT2D eigenvalue weighted by atomic mass is 32.2. The minimum atomic E-state index is -3.71. The van der Waals surface area contributed by atoms with Crippen molar-refractivity contribution >= 4 is 27.3 Å². The van der Waals surface area contributed by atoms with Gasteiger partial charge in [0.2, 0.25) is 15.9 Å². The maximum absolute atomic E-state index is 13.0. The van der Waals surface area contributed by atoms with E-state index in [4.69, 9.17) is 4.74 Å². The third kappa shape index (κ3) is 4.69. The van der Waals surface area contributed by atoms with E-state index >= 15 is 0 Å². The van der Waals surface area contributed by atoms with Crippen molar-refractivity contribution < 1.29 is 22.3 Å². The number of carbonyl (C=O) groups is 1. The Morgan fingerprint density at radius 1 is 1.21 bits per heavy atom. The average molecular weight is 352 g/mol. The summed E-state index contributed by atoms with van der Waals surface area (Å²) >= 11 is 0. The van der Waals surface area contributed by atoms with Crippen LogP contribution in [0, 0.1) is 5.82 Å². The van der Waals surface area contributed by atoms with Crippen LogP contribution in [0.2, 0.25) is 0 Å². The molecule has 1 amide bonds. The average Bonchev–Trinajstić information content (AvgIpc) is 2.53. The molecule has 2 rings (SSSR count). The SMILES string of the molecule is COc1cccc(NC(=O)CN(c2ccc(F)cc2)S(C)(=O)=O)c1. The number of sulfonamides is 1. The van der Waals surface area contributed by atoms with Gasteiger partial charge in [-0.25, -0.2) is 12.8 Å². The lowest BCUT2D eigenvalue weighted by atomic mass is 10.3. The van der Waals surface area contributed by atoms with Gasteiger partial charge in [0.15, 0.2) is 0 Å². The van der Waals surface area contributed by atoms with Crippen LogP contribution in [0.3, 0.4) is 0 Å². The fraction of sp³-hybridized carbons (Fsp3) is 0.188. The molecule has 0 saturated heterocycles. The highest BCUT2D eigenvalue weighted by Gasteiger charge is 2.21. The number of carbonyl (C=O) groups excluding carboxylic acids is 1. The molecule has 0 bridgehead atoms. The van der Waals surface area contributed by atoms with Crippen molar-refractivity contribution in [2.45, 2.75) is 0 Å². The number of methoxy groups -OCH3 is 1. The fourth-order valence-corrected chi connectivity index (χ4v) is 2.90. The molecule has 24 heavy (non-hydrogen) atoms. The molecule has 0 aliphatic carbocycles. The second kappa shape index (κ2) is 7.31. The van der Waals surface area contributed by atoms with Gasteiger partial charge in [0.1, 0.15) is 18.1 Å². The maximum atomic E-state index is 13.0. The molecule has 8 heteroatoms. The summed E-state index contributed by atoms with van der Waals surface area (Å²) in [7, 11) is -2.20. The van der Waals surface area contributed by atoms with Crippen LogP contribution in [-0.4, -0.2) is 34.2 Å². The van der Waals surface area contributed by atoms with Crippen LogP contribution >= 0.6 is 0 Å². The molecule has 0 spiro atoms. The highest BCUT2D eigenvalue weighted by Crippen LogP contribution is 2.19. The smallest absolute Gasteiger partial charge is 0.245 e. The molecule has 0 unspecified atom stereocenters. The monoisotopic (exact) mass is 352 g/mol. The molecule has 0 fully saturated rings. The van der Waals surface area contributed by atoms with E-state index in [1.54, 1.807) is 24.3 Å². The van der Waals surface area contributed by atoms with Gasteiger partial charge >= 0.3 is 0 Å². The molecule has 0 saturated carbocycles. The van der Waals surface area contributed by atoms with Crippen molar-refractivity contribution in [2.75, 3.05) is 29.5 Å². The molecular formula is C16H17FN2O4S. The quantitative estimate of drug-likeness (QED) is 0.865. The van der Waals surface area contributed by atoms with Gasteiger partial charge in [-0.3, -0.25) is 9.10 Å². The zero-order chi connectivity index (χ0) is 17.7. The molecular weight excluding hydrogens is 335 g/mol. The second-order valence-electron chi connectivity index (χ2n) is 5.03. The van der Waals surface area contributed by atoms with Gasteiger partial charge in [-0.2, -0.15) is 0 Å². The number of ether oxygens (including phenoxy) is 1. The van der Waals surface area contributed by atoms with E-state index in [2.05, 4.69) is 5.32 Å². The lowest BCUT2D eigenvalue weighted by Crippen LogP contribution is -2.37. The first-order valence-corrected chi connectivity index (χ1v) is 8.81. The van der Waals surface area contributed by atoms with Gasteiger partial charge in [0.05, 0.1) is 19.1 Å². The Bertz CT molecular complexity index is 822. The Hall–Kier alpha value is -2.61. The van der Waals surface area contributed by atoms with Gasteiger partial charge in [0.25, 0.3) is 0 Å². The van der Waals surface area contributed by atoms with E-state index < -0.39 is 28.3 Å². The molecule has 0 heterocycles. The number of anilines is 2. The molecule has 0 atom stereocenters. The van der Waals surface area contributed by atoms with Crippen molar-refractivity contribution in [1.82, 2.24) is 0 Å². The van der Waals surface area contributed by atoms with E-state index in [1.165, 1.54) is 19.2 Å². The lowest BCUT2D eigenvalue weighted by Gasteiger charge is -2.21. The second-order valence-corrected chi connectivity index (χ2v) is 6.93. The summed E-state index contributed by atoms with van der Waals surface area (Å²) in [6, 6.07) is 11.6. The maximum Gasteiger partial charge on any atom is 0.245 e. The first-order valence-electron chi connectivity index (χ1n) is 6.97. The summed E-state index contributed by atoms with van der Waals surface area (Å²) in [5.41, 5.74) is 0.687.